The zero-order chi connectivity index (χ0) is 11.8. The van der Waals surface area contributed by atoms with Gasteiger partial charge >= 0.3 is 0 Å². The van der Waals surface area contributed by atoms with Gasteiger partial charge in [-0.25, -0.2) is 0 Å². The van der Waals surface area contributed by atoms with Crippen LogP contribution in [0.15, 0.2) is 12.3 Å². The molecule has 0 amide bonds. The van der Waals surface area contributed by atoms with Crippen molar-refractivity contribution < 1.29 is 0 Å². The Balaban J connectivity index is 2.88. The highest BCUT2D eigenvalue weighted by molar-refractivity contribution is 5.40. The molecular formula is C14H20N2. The van der Waals surface area contributed by atoms with Gasteiger partial charge in [-0.05, 0) is 37.3 Å². The molecule has 16 heavy (non-hydrogen) atoms. The Bertz CT molecular complexity index is 337. The van der Waals surface area contributed by atoms with Crippen molar-refractivity contribution in [2.75, 3.05) is 0 Å². The molecule has 0 aliphatic rings. The minimum absolute atomic E-state index is 0.824. The van der Waals surface area contributed by atoms with Crippen LogP contribution in [-0.4, -0.2) is 4.98 Å². The van der Waals surface area contributed by atoms with Crippen LogP contribution >= 0.6 is 0 Å². The van der Waals surface area contributed by atoms with Crippen molar-refractivity contribution in [2.24, 2.45) is 0 Å². The van der Waals surface area contributed by atoms with E-state index in [4.69, 9.17) is 0 Å². The van der Waals surface area contributed by atoms with E-state index in [0.29, 0.717) is 0 Å². The molecule has 0 N–H and O–H groups in total. The SMILES string of the molecule is CCCCc1ccnc(CCCC)c1C#N. The summed E-state index contributed by atoms with van der Waals surface area (Å²) in [5.41, 5.74) is 2.98. The van der Waals surface area contributed by atoms with Crippen molar-refractivity contribution in [3.63, 3.8) is 0 Å². The lowest BCUT2D eigenvalue weighted by atomic mass is 10.00. The van der Waals surface area contributed by atoms with Crippen molar-refractivity contribution in [3.8, 4) is 6.07 Å². The molecule has 0 fully saturated rings. The van der Waals surface area contributed by atoms with E-state index in [1.165, 1.54) is 5.56 Å². The van der Waals surface area contributed by atoms with Crippen molar-refractivity contribution in [3.05, 3.63) is 29.1 Å². The van der Waals surface area contributed by atoms with E-state index in [-0.39, 0.29) is 0 Å². The molecule has 2 heteroatoms. The van der Waals surface area contributed by atoms with Crippen LogP contribution in [0.4, 0.5) is 0 Å². The standard InChI is InChI=1S/C14H20N2/c1-3-5-7-12-9-10-16-14(8-6-4-2)13(12)11-15/h9-10H,3-8H2,1-2H3. The predicted molar refractivity (Wildman–Crippen MR) is 66.2 cm³/mol. The van der Waals surface area contributed by atoms with Gasteiger partial charge in [-0.1, -0.05) is 26.7 Å². The molecule has 0 spiro atoms. The van der Waals surface area contributed by atoms with Crippen LogP contribution in [-0.2, 0) is 12.8 Å². The minimum atomic E-state index is 0.824. The Morgan fingerprint density at radius 1 is 1.19 bits per heavy atom. The fourth-order valence-electron chi connectivity index (χ4n) is 1.80. The van der Waals surface area contributed by atoms with Gasteiger partial charge in [-0.2, -0.15) is 5.26 Å². The number of nitriles is 1. The molecule has 1 heterocycles. The molecular weight excluding hydrogens is 196 g/mol. The van der Waals surface area contributed by atoms with Gasteiger partial charge < -0.3 is 0 Å². The number of pyridine rings is 1. The molecule has 0 aliphatic heterocycles. The lowest BCUT2D eigenvalue weighted by molar-refractivity contribution is 0.761. The number of hydrogen-bond acceptors (Lipinski definition) is 2. The van der Waals surface area contributed by atoms with Crippen molar-refractivity contribution in [1.82, 2.24) is 4.98 Å². The van der Waals surface area contributed by atoms with Crippen molar-refractivity contribution in [1.29, 1.82) is 5.26 Å². The van der Waals surface area contributed by atoms with E-state index in [1.807, 2.05) is 12.3 Å². The molecule has 1 aromatic rings. The van der Waals surface area contributed by atoms with E-state index in [1.54, 1.807) is 0 Å². The number of hydrogen-bond donors (Lipinski definition) is 0. The largest absolute Gasteiger partial charge is 0.260 e. The lowest BCUT2D eigenvalue weighted by Gasteiger charge is -2.07. The molecule has 0 saturated carbocycles. The molecule has 0 aromatic carbocycles. The van der Waals surface area contributed by atoms with Crippen LogP contribution < -0.4 is 0 Å². The van der Waals surface area contributed by atoms with E-state index in [0.717, 1.165) is 49.8 Å². The first kappa shape index (κ1) is 12.7. The molecule has 0 saturated heterocycles. The molecule has 2 nitrogen and oxygen atoms in total. The molecule has 0 unspecified atom stereocenters. The van der Waals surface area contributed by atoms with Crippen LogP contribution in [0, 0.1) is 11.3 Å². The second-order valence-electron chi connectivity index (χ2n) is 4.11. The van der Waals surface area contributed by atoms with Crippen molar-refractivity contribution in [2.45, 2.75) is 52.4 Å². The monoisotopic (exact) mass is 216 g/mol. The maximum absolute atomic E-state index is 9.21. The highest BCUT2D eigenvalue weighted by Crippen LogP contribution is 2.16. The summed E-state index contributed by atoms with van der Waals surface area (Å²) in [6, 6.07) is 4.31. The maximum Gasteiger partial charge on any atom is 0.101 e. The average Bonchev–Trinajstić information content (AvgIpc) is 2.33. The van der Waals surface area contributed by atoms with Gasteiger partial charge in [0, 0.05) is 6.20 Å². The summed E-state index contributed by atoms with van der Waals surface area (Å²) in [6.45, 7) is 4.33. The number of rotatable bonds is 6. The molecule has 0 atom stereocenters. The first-order chi connectivity index (χ1) is 7.83. The molecule has 0 radical (unpaired) electrons. The number of nitrogens with zero attached hydrogens (tertiary/aromatic N) is 2. The van der Waals surface area contributed by atoms with Crippen LogP contribution in [0.25, 0.3) is 0 Å². The molecule has 86 valence electrons. The summed E-state index contributed by atoms with van der Waals surface area (Å²) >= 11 is 0. The van der Waals surface area contributed by atoms with Gasteiger partial charge in [-0.15, -0.1) is 0 Å². The maximum atomic E-state index is 9.21. The first-order valence-corrected chi connectivity index (χ1v) is 6.20. The summed E-state index contributed by atoms with van der Waals surface area (Å²) in [7, 11) is 0. The lowest BCUT2D eigenvalue weighted by Crippen LogP contribution is -2.00. The van der Waals surface area contributed by atoms with Gasteiger partial charge in [0.1, 0.15) is 6.07 Å². The van der Waals surface area contributed by atoms with E-state index in [2.05, 4.69) is 24.9 Å². The Morgan fingerprint density at radius 3 is 2.50 bits per heavy atom. The predicted octanol–water partition coefficient (Wildman–Crippen LogP) is 3.64. The summed E-state index contributed by atoms with van der Waals surface area (Å²) < 4.78 is 0. The highest BCUT2D eigenvalue weighted by Gasteiger charge is 2.08. The van der Waals surface area contributed by atoms with Crippen LogP contribution in [0.5, 0.6) is 0 Å². The van der Waals surface area contributed by atoms with Gasteiger partial charge in [0.05, 0.1) is 11.3 Å². The summed E-state index contributed by atoms with van der Waals surface area (Å²) in [6.07, 6.45) is 8.34. The second kappa shape index (κ2) is 7.00. The fourth-order valence-corrected chi connectivity index (χ4v) is 1.80. The normalized spacial score (nSPS) is 10.1. The Kier molecular flexibility index (Phi) is 5.56. The Morgan fingerprint density at radius 2 is 1.88 bits per heavy atom. The van der Waals surface area contributed by atoms with E-state index >= 15 is 0 Å². The third kappa shape index (κ3) is 3.34. The topological polar surface area (TPSA) is 36.7 Å². The zero-order valence-corrected chi connectivity index (χ0v) is 10.3. The summed E-state index contributed by atoms with van der Waals surface area (Å²) in [4.78, 5) is 4.33. The molecule has 0 aliphatic carbocycles. The van der Waals surface area contributed by atoms with Gasteiger partial charge in [0.2, 0.25) is 0 Å². The van der Waals surface area contributed by atoms with Gasteiger partial charge in [0.15, 0.2) is 0 Å². The summed E-state index contributed by atoms with van der Waals surface area (Å²) in [5.74, 6) is 0. The van der Waals surface area contributed by atoms with Crippen molar-refractivity contribution >= 4 is 0 Å². The Hall–Kier alpha value is -1.36. The average molecular weight is 216 g/mol. The number of unbranched alkanes of at least 4 members (excludes halogenated alkanes) is 2. The number of aryl methyl sites for hydroxylation is 2. The van der Waals surface area contributed by atoms with E-state index < -0.39 is 0 Å². The Labute approximate surface area is 98.3 Å². The molecule has 0 bridgehead atoms. The smallest absolute Gasteiger partial charge is 0.101 e. The highest BCUT2D eigenvalue weighted by atomic mass is 14.7. The van der Waals surface area contributed by atoms with Crippen LogP contribution in [0.3, 0.4) is 0 Å². The van der Waals surface area contributed by atoms with Gasteiger partial charge in [0.25, 0.3) is 0 Å². The molecule has 1 aromatic heterocycles. The number of aromatic nitrogens is 1. The van der Waals surface area contributed by atoms with Crippen LogP contribution in [0.2, 0.25) is 0 Å². The quantitative estimate of drug-likeness (QED) is 0.728. The summed E-state index contributed by atoms with van der Waals surface area (Å²) in [5, 5.41) is 9.21. The third-order valence-corrected chi connectivity index (χ3v) is 2.79. The minimum Gasteiger partial charge on any atom is -0.260 e. The van der Waals surface area contributed by atoms with Gasteiger partial charge in [-0.3, -0.25) is 4.98 Å². The first-order valence-electron chi connectivity index (χ1n) is 6.20. The zero-order valence-electron chi connectivity index (χ0n) is 10.3. The third-order valence-electron chi connectivity index (χ3n) is 2.79. The second-order valence-corrected chi connectivity index (χ2v) is 4.11. The fraction of sp³-hybridized carbons (Fsp3) is 0.571. The molecule has 1 rings (SSSR count). The van der Waals surface area contributed by atoms with Crippen LogP contribution in [0.1, 0.15) is 56.4 Å². The van der Waals surface area contributed by atoms with E-state index in [9.17, 15) is 5.26 Å².